The fraction of sp³-hybridized carbons (Fsp3) is 0.417. The molecule has 2 N–H and O–H groups in total. The van der Waals surface area contributed by atoms with Crippen molar-refractivity contribution in [3.63, 3.8) is 0 Å². The molecule has 0 unspecified atom stereocenters. The highest BCUT2D eigenvalue weighted by Gasteiger charge is 2.15. The largest absolute Gasteiger partial charge is 0.348 e. The summed E-state index contributed by atoms with van der Waals surface area (Å²) in [6.45, 7) is 6.05. The van der Waals surface area contributed by atoms with Crippen molar-refractivity contribution < 1.29 is 4.79 Å². The summed E-state index contributed by atoms with van der Waals surface area (Å²) in [5, 5.41) is 13.9. The summed E-state index contributed by atoms with van der Waals surface area (Å²) in [7, 11) is 1.86. The number of hydrogen-bond donors (Lipinski definition) is 2. The first-order chi connectivity index (χ1) is 8.49. The highest BCUT2D eigenvalue weighted by Crippen LogP contribution is 2.10. The summed E-state index contributed by atoms with van der Waals surface area (Å²) >= 11 is 0. The fourth-order valence-corrected chi connectivity index (χ4v) is 1.97. The number of aryl methyl sites for hydroxylation is 4. The lowest BCUT2D eigenvalue weighted by atomic mass is 10.2. The maximum absolute atomic E-state index is 12.0. The number of aromatic amines is 1. The summed E-state index contributed by atoms with van der Waals surface area (Å²) in [5.41, 5.74) is 4.07. The molecule has 2 aromatic rings. The zero-order valence-electron chi connectivity index (χ0n) is 11.0. The lowest BCUT2D eigenvalue weighted by molar-refractivity contribution is 0.0949. The van der Waals surface area contributed by atoms with Gasteiger partial charge < -0.3 is 5.32 Å². The summed E-state index contributed by atoms with van der Waals surface area (Å²) < 4.78 is 1.74. The van der Waals surface area contributed by atoms with Gasteiger partial charge in [-0.3, -0.25) is 14.6 Å². The smallest absolute Gasteiger partial charge is 0.255 e. The number of rotatable bonds is 3. The number of carbonyl (C=O) groups is 1. The number of hydrogen-bond acceptors (Lipinski definition) is 3. The van der Waals surface area contributed by atoms with E-state index >= 15 is 0 Å². The van der Waals surface area contributed by atoms with E-state index in [1.54, 1.807) is 4.68 Å². The third kappa shape index (κ3) is 2.27. The molecular formula is C12H17N5O. The van der Waals surface area contributed by atoms with E-state index in [1.807, 2.05) is 34.0 Å². The Morgan fingerprint density at radius 1 is 1.39 bits per heavy atom. The van der Waals surface area contributed by atoms with Gasteiger partial charge in [-0.25, -0.2) is 0 Å². The molecule has 0 radical (unpaired) electrons. The minimum Gasteiger partial charge on any atom is -0.348 e. The van der Waals surface area contributed by atoms with E-state index in [0.717, 1.165) is 17.0 Å². The number of nitrogens with one attached hydrogen (secondary N) is 2. The minimum absolute atomic E-state index is 0.109. The van der Waals surface area contributed by atoms with Crippen molar-refractivity contribution in [2.75, 3.05) is 0 Å². The lowest BCUT2D eigenvalue weighted by Crippen LogP contribution is -2.24. The summed E-state index contributed by atoms with van der Waals surface area (Å²) in [6, 6.07) is 0. The topological polar surface area (TPSA) is 75.6 Å². The van der Waals surface area contributed by atoms with Gasteiger partial charge in [0.15, 0.2) is 0 Å². The molecule has 0 saturated carbocycles. The Hall–Kier alpha value is -2.11. The average Bonchev–Trinajstić information content (AvgIpc) is 2.79. The van der Waals surface area contributed by atoms with Crippen LogP contribution in [0.5, 0.6) is 0 Å². The van der Waals surface area contributed by atoms with Gasteiger partial charge >= 0.3 is 0 Å². The van der Waals surface area contributed by atoms with Gasteiger partial charge in [-0.1, -0.05) is 0 Å². The highest BCUT2D eigenvalue weighted by molar-refractivity contribution is 5.96. The molecule has 6 nitrogen and oxygen atoms in total. The maximum Gasteiger partial charge on any atom is 0.255 e. The quantitative estimate of drug-likeness (QED) is 0.849. The van der Waals surface area contributed by atoms with Crippen LogP contribution in [0.3, 0.4) is 0 Å². The molecule has 0 aliphatic carbocycles. The van der Waals surface area contributed by atoms with E-state index in [9.17, 15) is 4.79 Å². The first-order valence-corrected chi connectivity index (χ1v) is 5.78. The van der Waals surface area contributed by atoms with E-state index in [4.69, 9.17) is 0 Å². The van der Waals surface area contributed by atoms with Crippen LogP contribution in [0, 0.1) is 20.8 Å². The van der Waals surface area contributed by atoms with Crippen LogP contribution < -0.4 is 5.32 Å². The van der Waals surface area contributed by atoms with Gasteiger partial charge in [0.05, 0.1) is 17.0 Å². The van der Waals surface area contributed by atoms with Crippen LogP contribution >= 0.6 is 0 Å². The monoisotopic (exact) mass is 247 g/mol. The Bertz CT molecular complexity index is 562. The number of nitrogens with zero attached hydrogens (tertiary/aromatic N) is 3. The molecule has 2 heterocycles. The second-order valence-electron chi connectivity index (χ2n) is 4.41. The Morgan fingerprint density at radius 2 is 2.11 bits per heavy atom. The summed E-state index contributed by atoms with van der Waals surface area (Å²) in [6.07, 6.45) is 1.91. The fourth-order valence-electron chi connectivity index (χ4n) is 1.97. The van der Waals surface area contributed by atoms with Gasteiger partial charge in [-0.2, -0.15) is 10.2 Å². The number of amides is 1. The molecule has 0 atom stereocenters. The van der Waals surface area contributed by atoms with Gasteiger partial charge in [0.1, 0.15) is 0 Å². The predicted molar refractivity (Wildman–Crippen MR) is 67.2 cm³/mol. The van der Waals surface area contributed by atoms with Crippen LogP contribution in [0.4, 0.5) is 0 Å². The van der Waals surface area contributed by atoms with E-state index in [1.165, 1.54) is 0 Å². The van der Waals surface area contributed by atoms with Crippen LogP contribution in [0.2, 0.25) is 0 Å². The van der Waals surface area contributed by atoms with Crippen molar-refractivity contribution in [2.24, 2.45) is 7.05 Å². The summed E-state index contributed by atoms with van der Waals surface area (Å²) in [5.74, 6) is -0.109. The average molecular weight is 247 g/mol. The van der Waals surface area contributed by atoms with Crippen LogP contribution in [-0.2, 0) is 13.6 Å². The van der Waals surface area contributed by atoms with E-state index in [0.29, 0.717) is 17.8 Å². The Kier molecular flexibility index (Phi) is 3.18. The van der Waals surface area contributed by atoms with Crippen molar-refractivity contribution in [1.29, 1.82) is 0 Å². The standard InChI is InChI=1S/C12H17N5O/c1-7-10(6-17(4)16-7)5-13-12(18)11-8(2)14-15-9(11)3/h6H,5H2,1-4H3,(H,13,18)(H,14,15). The zero-order chi connectivity index (χ0) is 13.3. The molecular weight excluding hydrogens is 230 g/mol. The maximum atomic E-state index is 12.0. The van der Waals surface area contributed by atoms with Crippen LogP contribution in [0.15, 0.2) is 6.20 Å². The molecule has 18 heavy (non-hydrogen) atoms. The van der Waals surface area contributed by atoms with Crippen molar-refractivity contribution in [3.8, 4) is 0 Å². The molecule has 2 aromatic heterocycles. The molecule has 6 heteroatoms. The summed E-state index contributed by atoms with van der Waals surface area (Å²) in [4.78, 5) is 12.0. The molecule has 0 aliphatic rings. The molecule has 0 aromatic carbocycles. The lowest BCUT2D eigenvalue weighted by Gasteiger charge is -2.04. The van der Waals surface area contributed by atoms with Gasteiger partial charge in [0.25, 0.3) is 5.91 Å². The van der Waals surface area contributed by atoms with E-state index < -0.39 is 0 Å². The molecule has 96 valence electrons. The molecule has 1 amide bonds. The van der Waals surface area contributed by atoms with Crippen LogP contribution in [0.1, 0.15) is 33.0 Å². The Labute approximate surface area is 105 Å². The zero-order valence-corrected chi connectivity index (χ0v) is 11.0. The molecule has 0 saturated heterocycles. The van der Waals surface area contributed by atoms with Gasteiger partial charge in [0, 0.05) is 31.0 Å². The second kappa shape index (κ2) is 4.64. The first kappa shape index (κ1) is 12.3. The van der Waals surface area contributed by atoms with Gasteiger partial charge in [-0.05, 0) is 20.8 Å². The normalized spacial score (nSPS) is 10.7. The van der Waals surface area contributed by atoms with Crippen LogP contribution in [0.25, 0.3) is 0 Å². The first-order valence-electron chi connectivity index (χ1n) is 5.78. The Morgan fingerprint density at radius 3 is 2.61 bits per heavy atom. The highest BCUT2D eigenvalue weighted by atomic mass is 16.1. The minimum atomic E-state index is -0.109. The molecule has 0 fully saturated rings. The van der Waals surface area contributed by atoms with E-state index in [-0.39, 0.29) is 5.91 Å². The molecule has 0 spiro atoms. The number of carbonyl (C=O) groups excluding carboxylic acids is 1. The van der Waals surface area contributed by atoms with E-state index in [2.05, 4.69) is 20.6 Å². The molecule has 0 aliphatic heterocycles. The Balaban J connectivity index is 2.07. The van der Waals surface area contributed by atoms with Gasteiger partial charge in [0.2, 0.25) is 0 Å². The third-order valence-electron chi connectivity index (χ3n) is 2.91. The van der Waals surface area contributed by atoms with Crippen molar-refractivity contribution in [1.82, 2.24) is 25.3 Å². The van der Waals surface area contributed by atoms with Crippen molar-refractivity contribution >= 4 is 5.91 Å². The third-order valence-corrected chi connectivity index (χ3v) is 2.91. The van der Waals surface area contributed by atoms with Crippen molar-refractivity contribution in [3.05, 3.63) is 34.4 Å². The van der Waals surface area contributed by atoms with Crippen LogP contribution in [-0.4, -0.2) is 25.9 Å². The number of aromatic nitrogens is 4. The second-order valence-corrected chi connectivity index (χ2v) is 4.41. The molecule has 0 bridgehead atoms. The van der Waals surface area contributed by atoms with Crippen molar-refractivity contribution in [2.45, 2.75) is 27.3 Å². The number of H-pyrrole nitrogens is 1. The SMILES string of the molecule is Cc1nn(C)cc1CNC(=O)c1c(C)n[nH]c1C. The predicted octanol–water partition coefficient (Wildman–Crippen LogP) is 0.998. The molecule has 2 rings (SSSR count). The van der Waals surface area contributed by atoms with Gasteiger partial charge in [-0.15, -0.1) is 0 Å².